The summed E-state index contributed by atoms with van der Waals surface area (Å²) in [6, 6.07) is 8.74. The van der Waals surface area contributed by atoms with Crippen LogP contribution in [0.5, 0.6) is 17.2 Å². The van der Waals surface area contributed by atoms with Crippen molar-refractivity contribution in [1.29, 1.82) is 0 Å². The molecule has 0 saturated heterocycles. The second-order valence-electron chi connectivity index (χ2n) is 5.16. The van der Waals surface area contributed by atoms with Crippen LogP contribution in [0.2, 0.25) is 0 Å². The fourth-order valence-electron chi connectivity index (χ4n) is 2.60. The zero-order valence-corrected chi connectivity index (χ0v) is 14.3. The van der Waals surface area contributed by atoms with E-state index >= 15 is 0 Å². The molecule has 0 saturated carbocycles. The van der Waals surface area contributed by atoms with Gasteiger partial charge in [0, 0.05) is 12.1 Å². The van der Waals surface area contributed by atoms with Gasteiger partial charge in [0.15, 0.2) is 11.5 Å². The molecule has 0 fully saturated rings. The van der Waals surface area contributed by atoms with Crippen LogP contribution in [0, 0.1) is 5.82 Å². The van der Waals surface area contributed by atoms with E-state index in [2.05, 4.69) is 21.2 Å². The molecule has 0 bridgehead atoms. The molecule has 4 nitrogen and oxygen atoms in total. The van der Waals surface area contributed by atoms with Crippen molar-refractivity contribution in [3.63, 3.8) is 0 Å². The summed E-state index contributed by atoms with van der Waals surface area (Å²) in [6.45, 7) is 1.61. The minimum atomic E-state index is -0.279. The number of para-hydroxylation sites is 1. The molecule has 3 rings (SSSR count). The first kappa shape index (κ1) is 16.1. The average Bonchev–Trinajstić information content (AvgIpc) is 3.00. The number of nitrogens with one attached hydrogen (secondary N) is 1. The van der Waals surface area contributed by atoms with Crippen molar-refractivity contribution in [1.82, 2.24) is 5.32 Å². The van der Waals surface area contributed by atoms with Crippen LogP contribution in [0.3, 0.4) is 0 Å². The molecular formula is C17H17BrFNO3. The van der Waals surface area contributed by atoms with Crippen LogP contribution in [-0.2, 0) is 13.0 Å². The van der Waals surface area contributed by atoms with Crippen molar-refractivity contribution in [2.45, 2.75) is 13.0 Å². The van der Waals surface area contributed by atoms with Crippen molar-refractivity contribution in [3.8, 4) is 17.2 Å². The molecule has 0 aliphatic carbocycles. The Hall–Kier alpha value is -1.79. The van der Waals surface area contributed by atoms with Crippen molar-refractivity contribution in [3.05, 3.63) is 51.7 Å². The third kappa shape index (κ3) is 3.59. The van der Waals surface area contributed by atoms with Gasteiger partial charge in [0.05, 0.1) is 11.6 Å². The van der Waals surface area contributed by atoms with Crippen LogP contribution >= 0.6 is 15.9 Å². The first-order valence-corrected chi connectivity index (χ1v) is 8.08. The summed E-state index contributed by atoms with van der Waals surface area (Å²) in [4.78, 5) is 0. The lowest BCUT2D eigenvalue weighted by Gasteiger charge is -2.12. The summed E-state index contributed by atoms with van der Waals surface area (Å²) in [5.74, 6) is 1.97. The lowest BCUT2D eigenvalue weighted by atomic mass is 10.1. The zero-order valence-electron chi connectivity index (χ0n) is 12.7. The van der Waals surface area contributed by atoms with Gasteiger partial charge in [-0.2, -0.15) is 0 Å². The highest BCUT2D eigenvalue weighted by molar-refractivity contribution is 9.10. The quantitative estimate of drug-likeness (QED) is 0.775. The number of hydrogen-bond acceptors (Lipinski definition) is 4. The highest BCUT2D eigenvalue weighted by Gasteiger charge is 2.16. The standard InChI is InChI=1S/C17H17BrFNO3/c1-21-16-11(7-13(19)8-14(16)18)5-6-20-9-12-3-2-4-15-17(12)23-10-22-15/h2-4,7-8,20H,5-6,9-10H2,1H3. The number of hydrogen-bond donors (Lipinski definition) is 1. The van der Waals surface area contributed by atoms with E-state index in [1.54, 1.807) is 7.11 Å². The number of rotatable bonds is 6. The molecule has 0 amide bonds. The number of fused-ring (bicyclic) bond motifs is 1. The average molecular weight is 382 g/mol. The minimum Gasteiger partial charge on any atom is -0.495 e. The first-order chi connectivity index (χ1) is 11.2. The molecule has 1 aliphatic heterocycles. The van der Waals surface area contributed by atoms with E-state index in [4.69, 9.17) is 14.2 Å². The van der Waals surface area contributed by atoms with Crippen molar-refractivity contribution >= 4 is 15.9 Å². The van der Waals surface area contributed by atoms with Gasteiger partial charge in [-0.25, -0.2) is 4.39 Å². The highest BCUT2D eigenvalue weighted by Crippen LogP contribution is 2.35. The Labute approximate surface area is 142 Å². The third-order valence-electron chi connectivity index (χ3n) is 3.65. The van der Waals surface area contributed by atoms with Crippen molar-refractivity contribution in [2.75, 3.05) is 20.4 Å². The van der Waals surface area contributed by atoms with E-state index in [-0.39, 0.29) is 12.6 Å². The molecule has 0 radical (unpaired) electrons. The highest BCUT2D eigenvalue weighted by atomic mass is 79.9. The van der Waals surface area contributed by atoms with E-state index < -0.39 is 0 Å². The topological polar surface area (TPSA) is 39.7 Å². The maximum Gasteiger partial charge on any atom is 0.231 e. The molecule has 1 heterocycles. The maximum absolute atomic E-state index is 13.5. The number of benzene rings is 2. The largest absolute Gasteiger partial charge is 0.495 e. The Morgan fingerprint density at radius 1 is 1.26 bits per heavy atom. The second-order valence-corrected chi connectivity index (χ2v) is 6.01. The fraction of sp³-hybridized carbons (Fsp3) is 0.294. The van der Waals surface area contributed by atoms with Gasteiger partial charge in [-0.05, 0) is 52.7 Å². The van der Waals surface area contributed by atoms with Crippen LogP contribution in [0.15, 0.2) is 34.8 Å². The summed E-state index contributed by atoms with van der Waals surface area (Å²) in [5, 5.41) is 3.34. The molecule has 2 aromatic rings. The molecule has 122 valence electrons. The Balaban J connectivity index is 1.60. The molecule has 0 atom stereocenters. The van der Waals surface area contributed by atoms with E-state index in [0.717, 1.165) is 22.6 Å². The molecule has 6 heteroatoms. The molecule has 1 N–H and O–H groups in total. The predicted molar refractivity (Wildman–Crippen MR) is 88.6 cm³/mol. The third-order valence-corrected chi connectivity index (χ3v) is 4.24. The monoisotopic (exact) mass is 381 g/mol. The van der Waals surface area contributed by atoms with Crippen molar-refractivity contribution < 1.29 is 18.6 Å². The Morgan fingerprint density at radius 3 is 2.96 bits per heavy atom. The molecular weight excluding hydrogens is 365 g/mol. The van der Waals surface area contributed by atoms with Gasteiger partial charge in [0.25, 0.3) is 0 Å². The SMILES string of the molecule is COc1c(Br)cc(F)cc1CCNCc1cccc2c1OCO2. The Morgan fingerprint density at radius 2 is 2.13 bits per heavy atom. The summed E-state index contributed by atoms with van der Waals surface area (Å²) in [5.41, 5.74) is 1.87. The van der Waals surface area contributed by atoms with Gasteiger partial charge in [-0.1, -0.05) is 12.1 Å². The number of methoxy groups -OCH3 is 1. The zero-order chi connectivity index (χ0) is 16.2. The van der Waals surface area contributed by atoms with Gasteiger partial charge in [0.2, 0.25) is 6.79 Å². The lowest BCUT2D eigenvalue weighted by molar-refractivity contribution is 0.173. The molecule has 2 aromatic carbocycles. The van der Waals surface area contributed by atoms with Crippen LogP contribution < -0.4 is 19.5 Å². The maximum atomic E-state index is 13.5. The molecule has 0 aromatic heterocycles. The van der Waals surface area contributed by atoms with E-state index in [9.17, 15) is 4.39 Å². The second kappa shape index (κ2) is 7.19. The van der Waals surface area contributed by atoms with Gasteiger partial charge in [0.1, 0.15) is 11.6 Å². The van der Waals surface area contributed by atoms with E-state index in [1.165, 1.54) is 12.1 Å². The van der Waals surface area contributed by atoms with Gasteiger partial charge >= 0.3 is 0 Å². The Kier molecular flexibility index (Phi) is 5.03. The van der Waals surface area contributed by atoms with Crippen LogP contribution in [0.1, 0.15) is 11.1 Å². The van der Waals surface area contributed by atoms with Crippen LogP contribution in [0.4, 0.5) is 4.39 Å². The van der Waals surface area contributed by atoms with Gasteiger partial charge in [-0.3, -0.25) is 0 Å². The normalized spacial score (nSPS) is 12.5. The summed E-state index contributed by atoms with van der Waals surface area (Å²) < 4.78 is 30.3. The molecule has 0 unspecified atom stereocenters. The lowest BCUT2D eigenvalue weighted by Crippen LogP contribution is -2.17. The van der Waals surface area contributed by atoms with Crippen molar-refractivity contribution in [2.24, 2.45) is 0 Å². The number of ether oxygens (including phenoxy) is 3. The first-order valence-electron chi connectivity index (χ1n) is 7.29. The summed E-state index contributed by atoms with van der Waals surface area (Å²) in [7, 11) is 1.58. The summed E-state index contributed by atoms with van der Waals surface area (Å²) in [6.07, 6.45) is 0.659. The van der Waals surface area contributed by atoms with Crippen LogP contribution in [0.25, 0.3) is 0 Å². The summed E-state index contributed by atoms with van der Waals surface area (Å²) >= 11 is 3.32. The van der Waals surface area contributed by atoms with Gasteiger partial charge in [-0.15, -0.1) is 0 Å². The molecule has 23 heavy (non-hydrogen) atoms. The number of halogens is 2. The fourth-order valence-corrected chi connectivity index (χ4v) is 3.24. The smallest absolute Gasteiger partial charge is 0.231 e. The predicted octanol–water partition coefficient (Wildman–Crippen LogP) is 3.66. The Bertz CT molecular complexity index is 708. The van der Waals surface area contributed by atoms with E-state index in [1.807, 2.05) is 18.2 Å². The molecule has 0 spiro atoms. The van der Waals surface area contributed by atoms with Gasteiger partial charge < -0.3 is 19.5 Å². The molecule has 1 aliphatic rings. The van der Waals surface area contributed by atoms with E-state index in [0.29, 0.717) is 29.7 Å². The van der Waals surface area contributed by atoms with Crippen LogP contribution in [-0.4, -0.2) is 20.4 Å². The minimum absolute atomic E-state index is 0.265.